The molecule has 1 aliphatic rings. The van der Waals surface area contributed by atoms with Gasteiger partial charge < -0.3 is 10.3 Å². The summed E-state index contributed by atoms with van der Waals surface area (Å²) in [6.07, 6.45) is 3.92. The van der Waals surface area contributed by atoms with Crippen LogP contribution in [-0.4, -0.2) is 11.5 Å². The van der Waals surface area contributed by atoms with E-state index in [4.69, 9.17) is 0 Å². The normalized spacial score (nSPS) is 24.2. The van der Waals surface area contributed by atoms with E-state index in [2.05, 4.69) is 38.4 Å². The van der Waals surface area contributed by atoms with E-state index in [0.717, 1.165) is 11.1 Å². The molecule has 0 bridgehead atoms. The van der Waals surface area contributed by atoms with E-state index in [-0.39, 0.29) is 0 Å². The molecule has 0 radical (unpaired) electrons. The summed E-state index contributed by atoms with van der Waals surface area (Å²) < 4.78 is 1.07. The van der Waals surface area contributed by atoms with E-state index in [9.17, 15) is 0 Å². The number of nitrogens with one attached hydrogen (secondary N) is 2. The SMILES string of the molecule is Brc1ccc(C2CCCCN2)[nH]1. The molecule has 1 aliphatic heterocycles. The fourth-order valence-electron chi connectivity index (χ4n) is 1.70. The van der Waals surface area contributed by atoms with Crippen molar-refractivity contribution in [1.82, 2.24) is 10.3 Å². The molecule has 1 atom stereocenters. The summed E-state index contributed by atoms with van der Waals surface area (Å²) in [7, 11) is 0. The van der Waals surface area contributed by atoms with Crippen LogP contribution in [0, 0.1) is 0 Å². The number of aromatic nitrogens is 1. The Balaban J connectivity index is 2.08. The molecule has 3 heteroatoms. The third-order valence-electron chi connectivity index (χ3n) is 2.36. The van der Waals surface area contributed by atoms with Crippen LogP contribution in [0.25, 0.3) is 0 Å². The highest BCUT2D eigenvalue weighted by molar-refractivity contribution is 9.10. The molecule has 12 heavy (non-hydrogen) atoms. The first-order valence-corrected chi connectivity index (χ1v) is 5.23. The first-order chi connectivity index (χ1) is 5.86. The highest BCUT2D eigenvalue weighted by atomic mass is 79.9. The molecule has 2 heterocycles. The summed E-state index contributed by atoms with van der Waals surface area (Å²) in [5.41, 5.74) is 1.31. The zero-order valence-corrected chi connectivity index (χ0v) is 8.52. The van der Waals surface area contributed by atoms with Gasteiger partial charge in [0.25, 0.3) is 0 Å². The quantitative estimate of drug-likeness (QED) is 0.761. The Morgan fingerprint density at radius 1 is 1.33 bits per heavy atom. The summed E-state index contributed by atoms with van der Waals surface area (Å²) in [4.78, 5) is 3.30. The lowest BCUT2D eigenvalue weighted by molar-refractivity contribution is 0.406. The number of halogens is 1. The molecule has 0 saturated carbocycles. The molecule has 1 aromatic rings. The largest absolute Gasteiger partial charge is 0.352 e. The Hall–Kier alpha value is -0.280. The summed E-state index contributed by atoms with van der Waals surface area (Å²) in [6.45, 7) is 1.15. The fourth-order valence-corrected chi connectivity index (χ4v) is 2.07. The van der Waals surface area contributed by atoms with Gasteiger partial charge in [-0.25, -0.2) is 0 Å². The van der Waals surface area contributed by atoms with Gasteiger partial charge in [-0.2, -0.15) is 0 Å². The highest BCUT2D eigenvalue weighted by Crippen LogP contribution is 2.23. The van der Waals surface area contributed by atoms with Gasteiger partial charge in [0.1, 0.15) is 0 Å². The predicted molar refractivity (Wildman–Crippen MR) is 53.1 cm³/mol. The van der Waals surface area contributed by atoms with Gasteiger partial charge in [0.2, 0.25) is 0 Å². The van der Waals surface area contributed by atoms with Crippen LogP contribution in [0.2, 0.25) is 0 Å². The summed E-state index contributed by atoms with van der Waals surface area (Å²) in [6, 6.07) is 4.75. The van der Waals surface area contributed by atoms with Crippen molar-refractivity contribution in [3.8, 4) is 0 Å². The van der Waals surface area contributed by atoms with E-state index in [0.29, 0.717) is 6.04 Å². The fraction of sp³-hybridized carbons (Fsp3) is 0.556. The molecular formula is C9H13BrN2. The van der Waals surface area contributed by atoms with Crippen LogP contribution in [0.3, 0.4) is 0 Å². The number of aromatic amines is 1. The Bertz CT molecular complexity index is 251. The molecular weight excluding hydrogens is 216 g/mol. The van der Waals surface area contributed by atoms with E-state index >= 15 is 0 Å². The van der Waals surface area contributed by atoms with Crippen molar-refractivity contribution in [2.45, 2.75) is 25.3 Å². The molecule has 0 aromatic carbocycles. The molecule has 1 unspecified atom stereocenters. The summed E-state index contributed by atoms with van der Waals surface area (Å²) in [5, 5.41) is 3.50. The van der Waals surface area contributed by atoms with Crippen LogP contribution in [0.5, 0.6) is 0 Å². The number of piperidine rings is 1. The van der Waals surface area contributed by atoms with Crippen LogP contribution in [0.1, 0.15) is 31.0 Å². The van der Waals surface area contributed by atoms with Gasteiger partial charge in [0.05, 0.1) is 4.60 Å². The minimum absolute atomic E-state index is 0.546. The molecule has 0 aliphatic carbocycles. The lowest BCUT2D eigenvalue weighted by Crippen LogP contribution is -2.26. The average Bonchev–Trinajstić information content (AvgIpc) is 2.54. The maximum absolute atomic E-state index is 3.50. The lowest BCUT2D eigenvalue weighted by Gasteiger charge is -2.22. The van der Waals surface area contributed by atoms with Crippen molar-refractivity contribution in [1.29, 1.82) is 0 Å². The third-order valence-corrected chi connectivity index (χ3v) is 2.82. The second-order valence-electron chi connectivity index (χ2n) is 3.26. The van der Waals surface area contributed by atoms with Crippen LogP contribution < -0.4 is 5.32 Å². The van der Waals surface area contributed by atoms with Crippen LogP contribution in [0.4, 0.5) is 0 Å². The zero-order chi connectivity index (χ0) is 8.39. The molecule has 0 amide bonds. The van der Waals surface area contributed by atoms with Crippen molar-refractivity contribution < 1.29 is 0 Å². The Kier molecular flexibility index (Phi) is 2.51. The van der Waals surface area contributed by atoms with Crippen LogP contribution in [0.15, 0.2) is 16.7 Å². The highest BCUT2D eigenvalue weighted by Gasteiger charge is 2.15. The lowest BCUT2D eigenvalue weighted by atomic mass is 10.0. The van der Waals surface area contributed by atoms with Gasteiger partial charge in [-0.3, -0.25) is 0 Å². The standard InChI is InChI=1S/C9H13BrN2/c10-9-5-4-8(12-9)7-3-1-2-6-11-7/h4-5,7,11-12H,1-3,6H2. The molecule has 1 aromatic heterocycles. The minimum Gasteiger partial charge on any atom is -0.352 e. The summed E-state index contributed by atoms with van der Waals surface area (Å²) in [5.74, 6) is 0. The van der Waals surface area contributed by atoms with Gasteiger partial charge in [-0.15, -0.1) is 0 Å². The van der Waals surface area contributed by atoms with E-state index in [1.807, 2.05) is 0 Å². The van der Waals surface area contributed by atoms with Crippen LogP contribution in [-0.2, 0) is 0 Å². The monoisotopic (exact) mass is 228 g/mol. The van der Waals surface area contributed by atoms with Gasteiger partial charge >= 0.3 is 0 Å². The van der Waals surface area contributed by atoms with E-state index in [1.54, 1.807) is 0 Å². The smallest absolute Gasteiger partial charge is 0.0822 e. The number of hydrogen-bond acceptors (Lipinski definition) is 1. The Morgan fingerprint density at radius 3 is 2.83 bits per heavy atom. The van der Waals surface area contributed by atoms with Crippen molar-refractivity contribution in [3.05, 3.63) is 22.4 Å². The Morgan fingerprint density at radius 2 is 2.25 bits per heavy atom. The van der Waals surface area contributed by atoms with Crippen LogP contribution >= 0.6 is 15.9 Å². The number of hydrogen-bond donors (Lipinski definition) is 2. The minimum atomic E-state index is 0.546. The molecule has 1 saturated heterocycles. The van der Waals surface area contributed by atoms with Crippen molar-refractivity contribution in [2.75, 3.05) is 6.54 Å². The molecule has 1 fully saturated rings. The zero-order valence-electron chi connectivity index (χ0n) is 6.94. The topological polar surface area (TPSA) is 27.8 Å². The summed E-state index contributed by atoms with van der Waals surface area (Å²) >= 11 is 3.42. The maximum atomic E-state index is 3.50. The average molecular weight is 229 g/mol. The predicted octanol–water partition coefficient (Wildman–Crippen LogP) is 2.59. The van der Waals surface area contributed by atoms with Gasteiger partial charge in [-0.05, 0) is 47.4 Å². The maximum Gasteiger partial charge on any atom is 0.0822 e. The van der Waals surface area contributed by atoms with Crippen molar-refractivity contribution in [2.24, 2.45) is 0 Å². The molecule has 2 nitrogen and oxygen atoms in total. The number of rotatable bonds is 1. The third kappa shape index (κ3) is 1.72. The first kappa shape index (κ1) is 8.32. The number of H-pyrrole nitrogens is 1. The second-order valence-corrected chi connectivity index (χ2v) is 4.12. The molecule has 66 valence electrons. The van der Waals surface area contributed by atoms with Gasteiger partial charge in [0.15, 0.2) is 0 Å². The van der Waals surface area contributed by atoms with Crippen molar-refractivity contribution >= 4 is 15.9 Å². The van der Waals surface area contributed by atoms with Crippen molar-refractivity contribution in [3.63, 3.8) is 0 Å². The first-order valence-electron chi connectivity index (χ1n) is 4.44. The van der Waals surface area contributed by atoms with Gasteiger partial charge in [0, 0.05) is 11.7 Å². The molecule has 0 spiro atoms. The Labute approximate surface area is 80.9 Å². The van der Waals surface area contributed by atoms with E-state index < -0.39 is 0 Å². The molecule has 2 rings (SSSR count). The molecule has 2 N–H and O–H groups in total. The second kappa shape index (κ2) is 3.62. The van der Waals surface area contributed by atoms with E-state index in [1.165, 1.54) is 25.0 Å². The van der Waals surface area contributed by atoms with Gasteiger partial charge in [-0.1, -0.05) is 6.42 Å².